The van der Waals surface area contributed by atoms with Crippen LogP contribution in [0.4, 0.5) is 23.2 Å². The van der Waals surface area contributed by atoms with E-state index in [1.54, 1.807) is 13.0 Å². The summed E-state index contributed by atoms with van der Waals surface area (Å²) in [6, 6.07) is 13.6. The zero-order chi connectivity index (χ0) is 29.7. The predicted molar refractivity (Wildman–Crippen MR) is 143 cm³/mol. The second kappa shape index (κ2) is 12.7. The van der Waals surface area contributed by atoms with Gasteiger partial charge in [-0.05, 0) is 50.2 Å². The average molecular weight is 600 g/mol. The SMILES string of the molecule is CCNC(=O)[C@H](C)N(Cc1ccccc1F)C(=O)CN(c1ccc(Cl)c(C(F)(F)F)c1)S(=O)(=O)c1ccccc1. The number of likely N-dealkylation sites (N-methyl/N-ethyl adjacent to an activating group) is 1. The molecule has 0 aliphatic rings. The molecule has 1 atom stereocenters. The second-order valence-corrected chi connectivity index (χ2v) is 10.9. The van der Waals surface area contributed by atoms with Crippen LogP contribution in [0.25, 0.3) is 0 Å². The van der Waals surface area contributed by atoms with Gasteiger partial charge in [-0.2, -0.15) is 13.2 Å². The van der Waals surface area contributed by atoms with Gasteiger partial charge >= 0.3 is 6.18 Å². The number of carbonyl (C=O) groups is 2. The minimum absolute atomic E-state index is 0.0512. The van der Waals surface area contributed by atoms with Gasteiger partial charge in [0.2, 0.25) is 11.8 Å². The molecule has 1 N–H and O–H groups in total. The van der Waals surface area contributed by atoms with Crippen LogP contribution in [0.1, 0.15) is 25.0 Å². The maximum absolute atomic E-state index is 14.5. The molecule has 13 heteroatoms. The summed E-state index contributed by atoms with van der Waals surface area (Å²) in [4.78, 5) is 27.0. The molecule has 3 rings (SSSR count). The Morgan fingerprint density at radius 1 is 1.00 bits per heavy atom. The summed E-state index contributed by atoms with van der Waals surface area (Å²) in [5.41, 5.74) is -1.73. The predicted octanol–water partition coefficient (Wildman–Crippen LogP) is 5.25. The highest BCUT2D eigenvalue weighted by atomic mass is 35.5. The number of nitrogens with zero attached hydrogens (tertiary/aromatic N) is 2. The molecule has 7 nitrogen and oxygen atoms in total. The Morgan fingerprint density at radius 2 is 1.62 bits per heavy atom. The first-order valence-corrected chi connectivity index (χ1v) is 13.8. The molecule has 214 valence electrons. The molecule has 0 aliphatic carbocycles. The van der Waals surface area contributed by atoms with Crippen molar-refractivity contribution in [2.75, 3.05) is 17.4 Å². The molecule has 0 heterocycles. The van der Waals surface area contributed by atoms with Crippen molar-refractivity contribution in [1.29, 1.82) is 0 Å². The number of hydrogen-bond donors (Lipinski definition) is 1. The number of sulfonamides is 1. The molecule has 0 aromatic heterocycles. The normalized spacial score (nSPS) is 12.5. The quantitative estimate of drug-likeness (QED) is 0.323. The Labute approximate surface area is 234 Å². The summed E-state index contributed by atoms with van der Waals surface area (Å²) in [6.45, 7) is 1.86. The largest absolute Gasteiger partial charge is 0.417 e. The Balaban J connectivity index is 2.12. The molecule has 3 aromatic carbocycles. The molecule has 3 aromatic rings. The van der Waals surface area contributed by atoms with Crippen molar-refractivity contribution in [2.24, 2.45) is 0 Å². The van der Waals surface area contributed by atoms with E-state index in [-0.39, 0.29) is 17.0 Å². The van der Waals surface area contributed by atoms with Crippen molar-refractivity contribution in [2.45, 2.75) is 37.5 Å². The van der Waals surface area contributed by atoms with Crippen LogP contribution in [0.15, 0.2) is 77.7 Å². The summed E-state index contributed by atoms with van der Waals surface area (Å²) in [6.07, 6.45) is -4.91. The van der Waals surface area contributed by atoms with Gasteiger partial charge in [-0.1, -0.05) is 48.0 Å². The zero-order valence-electron chi connectivity index (χ0n) is 21.5. The number of nitrogens with one attached hydrogen (secondary N) is 1. The molecule has 0 saturated carbocycles. The van der Waals surface area contributed by atoms with Gasteiger partial charge in [-0.25, -0.2) is 12.8 Å². The summed E-state index contributed by atoms with van der Waals surface area (Å²) < 4.78 is 83.2. The van der Waals surface area contributed by atoms with Gasteiger partial charge < -0.3 is 10.2 Å². The topological polar surface area (TPSA) is 86.8 Å². The van der Waals surface area contributed by atoms with Crippen LogP contribution in [0.5, 0.6) is 0 Å². The summed E-state index contributed by atoms with van der Waals surface area (Å²) in [5.74, 6) is -2.20. The molecule has 0 spiro atoms. The van der Waals surface area contributed by atoms with Crippen LogP contribution in [0.3, 0.4) is 0 Å². The Bertz CT molecular complexity index is 1470. The third-order valence-electron chi connectivity index (χ3n) is 5.97. The zero-order valence-corrected chi connectivity index (χ0v) is 23.0. The minimum Gasteiger partial charge on any atom is -0.355 e. The van der Waals surface area contributed by atoms with E-state index in [9.17, 15) is 35.6 Å². The lowest BCUT2D eigenvalue weighted by atomic mass is 10.1. The fourth-order valence-electron chi connectivity index (χ4n) is 3.85. The van der Waals surface area contributed by atoms with Gasteiger partial charge in [0.05, 0.1) is 21.2 Å². The standard InChI is InChI=1S/C27H26ClF4N3O4S/c1-3-33-26(37)18(2)34(16-19-9-7-8-12-24(19)29)25(36)17-35(40(38,39)21-10-5-4-6-11-21)20-13-14-23(28)22(15-20)27(30,31)32/h4-15,18H,3,16-17H2,1-2H3,(H,33,37)/t18-/m0/s1. The highest BCUT2D eigenvalue weighted by Crippen LogP contribution is 2.38. The van der Waals surface area contributed by atoms with E-state index in [0.29, 0.717) is 10.4 Å². The molecule has 40 heavy (non-hydrogen) atoms. The number of halogens is 5. The van der Waals surface area contributed by atoms with E-state index in [1.165, 1.54) is 49.4 Å². The molecule has 0 unspecified atom stereocenters. The van der Waals surface area contributed by atoms with E-state index >= 15 is 0 Å². The molecule has 0 aliphatic heterocycles. The summed E-state index contributed by atoms with van der Waals surface area (Å²) >= 11 is 5.74. The van der Waals surface area contributed by atoms with E-state index < -0.39 is 69.2 Å². The third kappa shape index (κ3) is 7.11. The van der Waals surface area contributed by atoms with Gasteiger partial charge in [0.15, 0.2) is 0 Å². The van der Waals surface area contributed by atoms with E-state index in [0.717, 1.165) is 23.1 Å². The van der Waals surface area contributed by atoms with Crippen molar-refractivity contribution in [3.05, 3.63) is 94.8 Å². The molecule has 0 bridgehead atoms. The first kappa shape index (κ1) is 30.9. The number of benzene rings is 3. The van der Waals surface area contributed by atoms with E-state index in [4.69, 9.17) is 11.6 Å². The smallest absolute Gasteiger partial charge is 0.355 e. The summed E-state index contributed by atoms with van der Waals surface area (Å²) in [7, 11) is -4.59. The van der Waals surface area contributed by atoms with Crippen molar-refractivity contribution >= 4 is 39.1 Å². The van der Waals surface area contributed by atoms with Gasteiger partial charge in [0, 0.05) is 18.7 Å². The molecular weight excluding hydrogens is 574 g/mol. The molecule has 0 fully saturated rings. The average Bonchev–Trinajstić information content (AvgIpc) is 2.91. The number of hydrogen-bond acceptors (Lipinski definition) is 4. The highest BCUT2D eigenvalue weighted by Gasteiger charge is 2.37. The van der Waals surface area contributed by atoms with Crippen LogP contribution in [0.2, 0.25) is 5.02 Å². The van der Waals surface area contributed by atoms with Crippen LogP contribution in [-0.4, -0.2) is 44.3 Å². The van der Waals surface area contributed by atoms with Crippen LogP contribution in [0, 0.1) is 5.82 Å². The number of rotatable bonds is 10. The monoisotopic (exact) mass is 599 g/mol. The minimum atomic E-state index is -4.91. The van der Waals surface area contributed by atoms with Crippen molar-refractivity contribution in [3.8, 4) is 0 Å². The molecule has 0 radical (unpaired) electrons. The van der Waals surface area contributed by atoms with E-state index in [1.807, 2.05) is 0 Å². The number of anilines is 1. The number of carbonyl (C=O) groups excluding carboxylic acids is 2. The molecular formula is C27H26ClF4N3O4S. The van der Waals surface area contributed by atoms with Crippen LogP contribution in [-0.2, 0) is 32.3 Å². The molecule has 0 saturated heterocycles. The van der Waals surface area contributed by atoms with Gasteiger partial charge in [0.1, 0.15) is 18.4 Å². The van der Waals surface area contributed by atoms with Gasteiger partial charge in [-0.15, -0.1) is 0 Å². The van der Waals surface area contributed by atoms with E-state index in [2.05, 4.69) is 5.32 Å². The van der Waals surface area contributed by atoms with Gasteiger partial charge in [0.25, 0.3) is 10.0 Å². The lowest BCUT2D eigenvalue weighted by molar-refractivity contribution is -0.139. The maximum Gasteiger partial charge on any atom is 0.417 e. The second-order valence-electron chi connectivity index (χ2n) is 8.67. The van der Waals surface area contributed by atoms with Crippen LogP contribution < -0.4 is 9.62 Å². The van der Waals surface area contributed by atoms with Crippen molar-refractivity contribution in [1.82, 2.24) is 10.2 Å². The Morgan fingerprint density at radius 3 is 2.23 bits per heavy atom. The van der Waals surface area contributed by atoms with Crippen LogP contribution >= 0.6 is 11.6 Å². The van der Waals surface area contributed by atoms with Crippen molar-refractivity contribution < 1.29 is 35.6 Å². The summed E-state index contributed by atoms with van der Waals surface area (Å²) in [5, 5.41) is 1.89. The fourth-order valence-corrected chi connectivity index (χ4v) is 5.50. The number of amides is 2. The third-order valence-corrected chi connectivity index (χ3v) is 8.09. The Kier molecular flexibility index (Phi) is 9.80. The molecule has 2 amide bonds. The maximum atomic E-state index is 14.5. The Hall–Kier alpha value is -3.64. The van der Waals surface area contributed by atoms with Crippen molar-refractivity contribution in [3.63, 3.8) is 0 Å². The first-order valence-electron chi connectivity index (χ1n) is 12.0. The first-order chi connectivity index (χ1) is 18.8. The lowest BCUT2D eigenvalue weighted by Crippen LogP contribution is -2.51. The lowest BCUT2D eigenvalue weighted by Gasteiger charge is -2.32. The van der Waals surface area contributed by atoms with Gasteiger partial charge in [-0.3, -0.25) is 13.9 Å². The fraction of sp³-hybridized carbons (Fsp3) is 0.259. The number of alkyl halides is 3. The highest BCUT2D eigenvalue weighted by molar-refractivity contribution is 7.92.